The number of benzene rings is 2. The molecule has 1 saturated carbocycles. The lowest BCUT2D eigenvalue weighted by Crippen LogP contribution is -2.30. The van der Waals surface area contributed by atoms with Crippen LogP contribution in [0, 0.1) is 5.92 Å². The second-order valence-corrected chi connectivity index (χ2v) is 6.65. The third kappa shape index (κ3) is 3.00. The average Bonchev–Trinajstić information content (AvgIpc) is 3.45. The Morgan fingerprint density at radius 1 is 1.08 bits per heavy atom. The Morgan fingerprint density at radius 2 is 1.88 bits per heavy atom. The maximum atomic E-state index is 12.9. The van der Waals surface area contributed by atoms with Crippen LogP contribution in [0.1, 0.15) is 34.8 Å². The lowest BCUT2D eigenvalue weighted by Gasteiger charge is -2.19. The molecule has 24 heavy (non-hydrogen) atoms. The van der Waals surface area contributed by atoms with Crippen molar-refractivity contribution >= 4 is 28.4 Å². The van der Waals surface area contributed by atoms with Crippen LogP contribution in [0.3, 0.4) is 0 Å². The number of amides is 1. The number of hydrogen-bond acceptors (Lipinski definition) is 2. The number of pyridine rings is 1. The number of carbonyl (C=O) groups excluding carboxylic acids is 1. The van der Waals surface area contributed by atoms with Crippen LogP contribution < -0.4 is 5.32 Å². The van der Waals surface area contributed by atoms with E-state index in [9.17, 15) is 4.79 Å². The van der Waals surface area contributed by atoms with Crippen molar-refractivity contribution in [3.05, 3.63) is 76.9 Å². The summed E-state index contributed by atoms with van der Waals surface area (Å²) in [5.41, 5.74) is 2.61. The van der Waals surface area contributed by atoms with Crippen molar-refractivity contribution in [2.24, 2.45) is 5.92 Å². The number of rotatable bonds is 4. The largest absolute Gasteiger partial charge is 0.345 e. The monoisotopic (exact) mass is 336 g/mol. The second kappa shape index (κ2) is 6.25. The molecule has 1 unspecified atom stereocenters. The van der Waals surface area contributed by atoms with Crippen molar-refractivity contribution in [1.29, 1.82) is 0 Å². The predicted octanol–water partition coefficient (Wildman–Crippen LogP) is 4.77. The highest BCUT2D eigenvalue weighted by Gasteiger charge is 2.33. The third-order valence-corrected chi connectivity index (χ3v) is 4.75. The molecule has 0 saturated heterocycles. The zero-order valence-electron chi connectivity index (χ0n) is 13.1. The molecule has 0 bridgehead atoms. The van der Waals surface area contributed by atoms with E-state index in [1.165, 1.54) is 0 Å². The Kier molecular flexibility index (Phi) is 3.95. The van der Waals surface area contributed by atoms with Gasteiger partial charge >= 0.3 is 0 Å². The fraction of sp³-hybridized carbons (Fsp3) is 0.200. The van der Waals surface area contributed by atoms with Crippen LogP contribution in [0.4, 0.5) is 0 Å². The Hall–Kier alpha value is -2.39. The highest BCUT2D eigenvalue weighted by molar-refractivity contribution is 6.30. The molecule has 4 rings (SSSR count). The van der Waals surface area contributed by atoms with Gasteiger partial charge in [0.05, 0.1) is 11.6 Å². The number of hydrogen-bond donors (Lipinski definition) is 1. The van der Waals surface area contributed by atoms with Gasteiger partial charge in [0.1, 0.15) is 0 Å². The number of aromatic nitrogens is 1. The van der Waals surface area contributed by atoms with Crippen molar-refractivity contribution < 1.29 is 4.79 Å². The summed E-state index contributed by atoms with van der Waals surface area (Å²) in [7, 11) is 0. The van der Waals surface area contributed by atoms with E-state index in [2.05, 4.69) is 10.3 Å². The summed E-state index contributed by atoms with van der Waals surface area (Å²) in [6.07, 6.45) is 4.03. The van der Waals surface area contributed by atoms with Crippen molar-refractivity contribution in [1.82, 2.24) is 10.3 Å². The van der Waals surface area contributed by atoms with E-state index >= 15 is 0 Å². The topological polar surface area (TPSA) is 42.0 Å². The maximum absolute atomic E-state index is 12.9. The average molecular weight is 337 g/mol. The van der Waals surface area contributed by atoms with Crippen molar-refractivity contribution in [3.8, 4) is 0 Å². The summed E-state index contributed by atoms with van der Waals surface area (Å²) in [5.74, 6) is 0.448. The number of nitrogens with one attached hydrogen (secondary N) is 1. The van der Waals surface area contributed by atoms with Gasteiger partial charge in [-0.3, -0.25) is 9.78 Å². The highest BCUT2D eigenvalue weighted by atomic mass is 35.5. The molecule has 3 nitrogen and oxygen atoms in total. The van der Waals surface area contributed by atoms with E-state index < -0.39 is 0 Å². The van der Waals surface area contributed by atoms with Crippen LogP contribution in [0.5, 0.6) is 0 Å². The molecule has 1 aliphatic carbocycles. The summed E-state index contributed by atoms with van der Waals surface area (Å²) in [4.78, 5) is 17.2. The summed E-state index contributed by atoms with van der Waals surface area (Å²) in [6, 6.07) is 17.2. The van der Waals surface area contributed by atoms with Gasteiger partial charge in [-0.25, -0.2) is 0 Å². The van der Waals surface area contributed by atoms with Crippen molar-refractivity contribution in [3.63, 3.8) is 0 Å². The molecule has 1 fully saturated rings. The van der Waals surface area contributed by atoms with Crippen LogP contribution in [-0.4, -0.2) is 10.9 Å². The molecule has 1 N–H and O–H groups in total. The van der Waals surface area contributed by atoms with Gasteiger partial charge in [0.2, 0.25) is 0 Å². The molecule has 0 aliphatic heterocycles. The summed E-state index contributed by atoms with van der Waals surface area (Å²) < 4.78 is 0. The predicted molar refractivity (Wildman–Crippen MR) is 96.1 cm³/mol. The Labute approximate surface area is 145 Å². The Morgan fingerprint density at radius 3 is 2.62 bits per heavy atom. The van der Waals surface area contributed by atoms with Crippen molar-refractivity contribution in [2.75, 3.05) is 0 Å². The van der Waals surface area contributed by atoms with Crippen LogP contribution in [-0.2, 0) is 0 Å². The Balaban J connectivity index is 1.64. The van der Waals surface area contributed by atoms with E-state index in [1.54, 1.807) is 6.20 Å². The lowest BCUT2D eigenvalue weighted by molar-refractivity contribution is 0.0933. The normalized spacial score (nSPS) is 15.2. The molecule has 1 heterocycles. The van der Waals surface area contributed by atoms with Gasteiger partial charge in [-0.1, -0.05) is 35.9 Å². The second-order valence-electron chi connectivity index (χ2n) is 6.22. The van der Waals surface area contributed by atoms with E-state index in [4.69, 9.17) is 11.6 Å². The first kappa shape index (κ1) is 15.2. The number of fused-ring (bicyclic) bond motifs is 1. The van der Waals surface area contributed by atoms with E-state index in [0.717, 1.165) is 29.3 Å². The van der Waals surface area contributed by atoms with Gasteiger partial charge < -0.3 is 5.32 Å². The van der Waals surface area contributed by atoms with Gasteiger partial charge in [0, 0.05) is 22.2 Å². The molecule has 1 aromatic heterocycles. The Bertz CT molecular complexity index is 882. The number of carbonyl (C=O) groups is 1. The fourth-order valence-corrected chi connectivity index (χ4v) is 3.22. The summed E-state index contributed by atoms with van der Waals surface area (Å²) >= 11 is 5.98. The van der Waals surface area contributed by atoms with E-state index in [-0.39, 0.29) is 11.9 Å². The molecular formula is C20H17ClN2O. The van der Waals surface area contributed by atoms with Crippen LogP contribution in [0.25, 0.3) is 10.9 Å². The van der Waals surface area contributed by atoms with Gasteiger partial charge in [0.15, 0.2) is 0 Å². The lowest BCUT2D eigenvalue weighted by atomic mass is 10.0. The fourth-order valence-electron chi connectivity index (χ4n) is 3.09. The van der Waals surface area contributed by atoms with Crippen LogP contribution >= 0.6 is 11.6 Å². The molecule has 4 heteroatoms. The van der Waals surface area contributed by atoms with Crippen LogP contribution in [0.2, 0.25) is 5.02 Å². The van der Waals surface area contributed by atoms with E-state index in [1.807, 2.05) is 54.6 Å². The first-order chi connectivity index (χ1) is 11.7. The third-order valence-electron chi connectivity index (χ3n) is 4.50. The minimum absolute atomic E-state index is 0.0293. The van der Waals surface area contributed by atoms with Gasteiger partial charge in [-0.05, 0) is 54.7 Å². The first-order valence-electron chi connectivity index (χ1n) is 8.12. The standard InChI is InChI=1S/C20H17ClN2O/c21-15-10-8-14(9-11-15)19(13-6-7-13)23-20(24)17-3-1-5-18-16(17)4-2-12-22-18/h1-5,8-13,19H,6-7H2,(H,23,24). The molecule has 120 valence electrons. The molecule has 2 aromatic carbocycles. The molecular weight excluding hydrogens is 320 g/mol. The molecule has 3 aromatic rings. The summed E-state index contributed by atoms with van der Waals surface area (Å²) in [5, 5.41) is 4.80. The van der Waals surface area contributed by atoms with Gasteiger partial charge in [0.25, 0.3) is 5.91 Å². The van der Waals surface area contributed by atoms with Crippen molar-refractivity contribution in [2.45, 2.75) is 18.9 Å². The molecule has 1 aliphatic rings. The highest BCUT2D eigenvalue weighted by Crippen LogP contribution is 2.41. The molecule has 1 atom stereocenters. The summed E-state index contributed by atoms with van der Waals surface area (Å²) in [6.45, 7) is 0. The minimum Gasteiger partial charge on any atom is -0.345 e. The molecule has 0 radical (unpaired) electrons. The maximum Gasteiger partial charge on any atom is 0.252 e. The SMILES string of the molecule is O=C(NC(c1ccc(Cl)cc1)C1CC1)c1cccc2ncccc12. The van der Waals surface area contributed by atoms with Gasteiger partial charge in [-0.15, -0.1) is 0 Å². The molecule has 1 amide bonds. The smallest absolute Gasteiger partial charge is 0.252 e. The zero-order chi connectivity index (χ0) is 16.5. The van der Waals surface area contributed by atoms with E-state index in [0.29, 0.717) is 16.5 Å². The molecule has 0 spiro atoms. The first-order valence-corrected chi connectivity index (χ1v) is 8.50. The number of halogens is 1. The zero-order valence-corrected chi connectivity index (χ0v) is 13.8. The quantitative estimate of drug-likeness (QED) is 0.745. The minimum atomic E-state index is -0.0551. The van der Waals surface area contributed by atoms with Gasteiger partial charge in [-0.2, -0.15) is 0 Å². The van der Waals surface area contributed by atoms with Crippen LogP contribution in [0.15, 0.2) is 60.8 Å². The number of nitrogens with zero attached hydrogens (tertiary/aromatic N) is 1.